The van der Waals surface area contributed by atoms with Crippen LogP contribution in [0.25, 0.3) is 11.2 Å². The van der Waals surface area contributed by atoms with Gasteiger partial charge >= 0.3 is 11.7 Å². The molecule has 2 heterocycles. The molecule has 3 N–H and O–H groups in total. The number of hydrogen-bond acceptors (Lipinski definition) is 5. The number of nitrogens with two attached hydrogens (primary N) is 1. The van der Waals surface area contributed by atoms with Gasteiger partial charge in [0.15, 0.2) is 15.9 Å². The maximum Gasteiger partial charge on any atom is 0.332 e. The van der Waals surface area contributed by atoms with Crippen LogP contribution in [0.2, 0.25) is 0 Å². The molecular formula is C10H12BrN7O3. The average molecular weight is 358 g/mol. The van der Waals surface area contributed by atoms with E-state index in [1.807, 2.05) is 5.43 Å². The van der Waals surface area contributed by atoms with Gasteiger partial charge in [-0.25, -0.2) is 20.0 Å². The zero-order valence-corrected chi connectivity index (χ0v) is 12.8. The van der Waals surface area contributed by atoms with Gasteiger partial charge in [-0.15, -0.1) is 0 Å². The van der Waals surface area contributed by atoms with Crippen LogP contribution in [0.3, 0.4) is 0 Å². The van der Waals surface area contributed by atoms with Crippen molar-refractivity contribution in [2.45, 2.75) is 6.54 Å². The summed E-state index contributed by atoms with van der Waals surface area (Å²) in [5, 5.41) is 3.59. The number of hydrogen-bond donors (Lipinski definition) is 2. The standard InChI is InChI=1S/C10H12BrN7O3/c1-16-6-5(7(19)17(2)10(16)21)18(8(11)14-6)4-3-13-15-9(12)20/h3H,4H2,1-2H3,(H3,12,15,20)/b13-3+. The Hall–Kier alpha value is -2.43. The van der Waals surface area contributed by atoms with E-state index in [9.17, 15) is 14.4 Å². The molecule has 0 unspecified atom stereocenters. The van der Waals surface area contributed by atoms with Crippen LogP contribution in [0.5, 0.6) is 0 Å². The molecule has 0 bridgehead atoms. The lowest BCUT2D eigenvalue weighted by Crippen LogP contribution is -2.37. The lowest BCUT2D eigenvalue weighted by atomic mass is 10.5. The highest BCUT2D eigenvalue weighted by atomic mass is 79.9. The van der Waals surface area contributed by atoms with Gasteiger partial charge in [0.05, 0.1) is 6.54 Å². The molecular weight excluding hydrogens is 346 g/mol. The van der Waals surface area contributed by atoms with Crippen LogP contribution in [-0.4, -0.2) is 30.9 Å². The SMILES string of the molecule is Cn1c(=O)c2c(nc(Br)n2C/C=N/NC(N)=O)n(C)c1=O. The van der Waals surface area contributed by atoms with Crippen molar-refractivity contribution in [3.63, 3.8) is 0 Å². The summed E-state index contributed by atoms with van der Waals surface area (Å²) in [5.74, 6) is 0. The van der Waals surface area contributed by atoms with E-state index in [0.29, 0.717) is 4.73 Å². The molecule has 0 aliphatic heterocycles. The number of halogens is 1. The maximum absolute atomic E-state index is 12.2. The Balaban J connectivity index is 2.58. The van der Waals surface area contributed by atoms with Gasteiger partial charge in [-0.3, -0.25) is 13.9 Å². The van der Waals surface area contributed by atoms with Crippen LogP contribution < -0.4 is 22.4 Å². The molecule has 0 aliphatic carbocycles. The van der Waals surface area contributed by atoms with Crippen molar-refractivity contribution in [1.29, 1.82) is 0 Å². The second kappa shape index (κ2) is 5.52. The van der Waals surface area contributed by atoms with Crippen LogP contribution in [0, 0.1) is 0 Å². The lowest BCUT2D eigenvalue weighted by Gasteiger charge is -2.04. The van der Waals surface area contributed by atoms with Gasteiger partial charge < -0.3 is 10.3 Å². The first kappa shape index (κ1) is 15.0. The van der Waals surface area contributed by atoms with Gasteiger partial charge in [0.2, 0.25) is 0 Å². The fourth-order valence-corrected chi connectivity index (χ4v) is 2.31. The summed E-state index contributed by atoms with van der Waals surface area (Å²) >= 11 is 3.22. The first-order valence-corrected chi connectivity index (χ1v) is 6.52. The van der Waals surface area contributed by atoms with Gasteiger partial charge in [-0.05, 0) is 15.9 Å². The molecule has 2 rings (SSSR count). The molecule has 2 aromatic heterocycles. The summed E-state index contributed by atoms with van der Waals surface area (Å²) in [6, 6.07) is -0.792. The number of carbonyl (C=O) groups is 1. The number of aryl methyl sites for hydroxylation is 1. The smallest absolute Gasteiger partial charge is 0.332 e. The average Bonchev–Trinajstić information content (AvgIpc) is 2.76. The molecule has 0 aromatic carbocycles. The minimum Gasteiger partial charge on any atom is -0.350 e. The Labute approximate surface area is 126 Å². The second-order valence-corrected chi connectivity index (χ2v) is 4.87. The molecule has 0 saturated heterocycles. The van der Waals surface area contributed by atoms with Gasteiger partial charge in [0.1, 0.15) is 0 Å². The Morgan fingerprint density at radius 3 is 2.71 bits per heavy atom. The first-order valence-electron chi connectivity index (χ1n) is 5.73. The predicted octanol–water partition coefficient (Wildman–Crippen LogP) is -1.15. The Morgan fingerprint density at radius 2 is 2.10 bits per heavy atom. The van der Waals surface area contributed by atoms with Crippen molar-refractivity contribution in [1.82, 2.24) is 24.1 Å². The molecule has 11 heteroatoms. The van der Waals surface area contributed by atoms with Crippen LogP contribution >= 0.6 is 15.9 Å². The number of imidazole rings is 1. The number of hydrazone groups is 1. The third-order valence-electron chi connectivity index (χ3n) is 2.83. The normalized spacial score (nSPS) is 11.4. The van der Waals surface area contributed by atoms with Gasteiger partial charge in [0.25, 0.3) is 5.56 Å². The van der Waals surface area contributed by atoms with Crippen molar-refractivity contribution in [3.8, 4) is 0 Å². The fraction of sp³-hybridized carbons (Fsp3) is 0.300. The second-order valence-electron chi connectivity index (χ2n) is 4.16. The van der Waals surface area contributed by atoms with E-state index in [2.05, 4.69) is 26.0 Å². The third-order valence-corrected chi connectivity index (χ3v) is 3.44. The van der Waals surface area contributed by atoms with E-state index in [1.165, 1.54) is 29.4 Å². The monoisotopic (exact) mass is 357 g/mol. The number of carbonyl (C=O) groups excluding carboxylic acids is 1. The zero-order chi connectivity index (χ0) is 15.7. The minimum atomic E-state index is -0.792. The molecule has 0 fully saturated rings. The summed E-state index contributed by atoms with van der Waals surface area (Å²) in [4.78, 5) is 38.7. The molecule has 0 radical (unpaired) electrons. The Morgan fingerprint density at radius 1 is 1.43 bits per heavy atom. The molecule has 0 saturated carbocycles. The summed E-state index contributed by atoms with van der Waals surface area (Å²) in [7, 11) is 2.91. The highest BCUT2D eigenvalue weighted by molar-refractivity contribution is 9.10. The van der Waals surface area contributed by atoms with E-state index in [4.69, 9.17) is 5.73 Å². The number of amides is 2. The number of aromatic nitrogens is 4. The Kier molecular flexibility index (Phi) is 3.93. The summed E-state index contributed by atoms with van der Waals surface area (Å²) < 4.78 is 4.15. The molecule has 2 amide bonds. The molecule has 112 valence electrons. The fourth-order valence-electron chi connectivity index (χ4n) is 1.82. The summed E-state index contributed by atoms with van der Waals surface area (Å²) in [6.07, 6.45) is 1.35. The Bertz CT molecular complexity index is 860. The van der Waals surface area contributed by atoms with Crippen LogP contribution in [0.15, 0.2) is 19.4 Å². The molecule has 0 atom stereocenters. The molecule has 10 nitrogen and oxygen atoms in total. The van der Waals surface area contributed by atoms with Crippen molar-refractivity contribution < 1.29 is 4.79 Å². The number of primary amides is 1. The highest BCUT2D eigenvalue weighted by Gasteiger charge is 2.17. The number of nitrogens with one attached hydrogen (secondary N) is 1. The topological polar surface area (TPSA) is 129 Å². The largest absolute Gasteiger partial charge is 0.350 e. The van der Waals surface area contributed by atoms with E-state index in [0.717, 1.165) is 4.57 Å². The van der Waals surface area contributed by atoms with Crippen molar-refractivity contribution in [3.05, 3.63) is 25.6 Å². The molecule has 21 heavy (non-hydrogen) atoms. The maximum atomic E-state index is 12.2. The van der Waals surface area contributed by atoms with Crippen LogP contribution in [0.1, 0.15) is 0 Å². The van der Waals surface area contributed by atoms with Gasteiger partial charge in [0, 0.05) is 20.3 Å². The number of nitrogens with zero attached hydrogens (tertiary/aromatic N) is 5. The van der Waals surface area contributed by atoms with Gasteiger partial charge in [-0.2, -0.15) is 5.10 Å². The van der Waals surface area contributed by atoms with E-state index < -0.39 is 17.3 Å². The van der Waals surface area contributed by atoms with Crippen LogP contribution in [-0.2, 0) is 20.6 Å². The van der Waals surface area contributed by atoms with E-state index in [1.54, 1.807) is 0 Å². The predicted molar refractivity (Wildman–Crippen MR) is 79.1 cm³/mol. The minimum absolute atomic E-state index is 0.158. The van der Waals surface area contributed by atoms with Crippen LogP contribution in [0.4, 0.5) is 4.79 Å². The highest BCUT2D eigenvalue weighted by Crippen LogP contribution is 2.15. The molecule has 0 spiro atoms. The van der Waals surface area contributed by atoms with E-state index in [-0.39, 0.29) is 17.7 Å². The van der Waals surface area contributed by atoms with Crippen molar-refractivity contribution in [2.24, 2.45) is 24.9 Å². The van der Waals surface area contributed by atoms with E-state index >= 15 is 0 Å². The summed E-state index contributed by atoms with van der Waals surface area (Å²) in [5.41, 5.74) is 6.48. The quantitative estimate of drug-likeness (QED) is 0.408. The first-order chi connectivity index (χ1) is 9.84. The third kappa shape index (κ3) is 2.59. The van der Waals surface area contributed by atoms with Gasteiger partial charge in [-0.1, -0.05) is 0 Å². The molecule has 0 aliphatic rings. The summed E-state index contributed by atoms with van der Waals surface area (Å²) in [6.45, 7) is 0.158. The van der Waals surface area contributed by atoms with Crippen molar-refractivity contribution in [2.75, 3.05) is 0 Å². The zero-order valence-electron chi connectivity index (χ0n) is 11.2. The lowest BCUT2D eigenvalue weighted by molar-refractivity contribution is 0.249. The van der Waals surface area contributed by atoms with Crippen molar-refractivity contribution >= 4 is 39.3 Å². The number of urea groups is 1. The number of rotatable bonds is 3. The molecule has 2 aromatic rings. The number of fused-ring (bicyclic) bond motifs is 1.